The van der Waals surface area contributed by atoms with Crippen molar-refractivity contribution in [2.45, 2.75) is 25.2 Å². The molecule has 0 amide bonds. The maximum absolute atomic E-state index is 12.6. The van der Waals surface area contributed by atoms with Gasteiger partial charge in [0.15, 0.2) is 0 Å². The van der Waals surface area contributed by atoms with E-state index in [1.54, 1.807) is 18.2 Å². The number of hydrogen-bond acceptors (Lipinski definition) is 4. The first-order valence-electron chi connectivity index (χ1n) is 5.57. The minimum Gasteiger partial charge on any atom is -0.477 e. The van der Waals surface area contributed by atoms with E-state index >= 15 is 0 Å². The van der Waals surface area contributed by atoms with E-state index in [4.69, 9.17) is 10.5 Å². The SMILES string of the molecule is CCOC(=O)[C@H](Oc1ccccc1)[C@@H](N)C(F)(F)F. The Morgan fingerprint density at radius 2 is 1.89 bits per heavy atom. The molecule has 1 aromatic carbocycles. The molecule has 7 heteroatoms. The first-order chi connectivity index (χ1) is 8.86. The third-order valence-corrected chi connectivity index (χ3v) is 2.23. The Balaban J connectivity index is 2.90. The van der Waals surface area contributed by atoms with Crippen LogP contribution in [0.1, 0.15) is 6.92 Å². The standard InChI is InChI=1S/C12H14F3NO3/c1-2-18-11(17)9(10(16)12(13,14)15)19-8-6-4-3-5-7-8/h3-7,9-10H,2,16H2,1H3/t9-,10-/m1/s1. The molecule has 0 unspecified atom stereocenters. The van der Waals surface area contributed by atoms with Crippen molar-refractivity contribution in [3.63, 3.8) is 0 Å². The Labute approximate surface area is 108 Å². The summed E-state index contributed by atoms with van der Waals surface area (Å²) in [6, 6.07) is 5.19. The normalized spacial score (nSPS) is 14.6. The maximum Gasteiger partial charge on any atom is 0.407 e. The van der Waals surface area contributed by atoms with E-state index in [9.17, 15) is 18.0 Å². The van der Waals surface area contributed by atoms with Crippen molar-refractivity contribution in [2.24, 2.45) is 5.73 Å². The van der Waals surface area contributed by atoms with Gasteiger partial charge >= 0.3 is 12.1 Å². The minimum atomic E-state index is -4.76. The lowest BCUT2D eigenvalue weighted by atomic mass is 10.1. The van der Waals surface area contributed by atoms with Gasteiger partial charge in [-0.2, -0.15) is 13.2 Å². The molecule has 0 aliphatic carbocycles. The van der Waals surface area contributed by atoms with Crippen LogP contribution in [0.25, 0.3) is 0 Å². The van der Waals surface area contributed by atoms with Crippen molar-refractivity contribution in [1.29, 1.82) is 0 Å². The zero-order chi connectivity index (χ0) is 14.5. The summed E-state index contributed by atoms with van der Waals surface area (Å²) >= 11 is 0. The van der Waals surface area contributed by atoms with E-state index in [0.29, 0.717) is 0 Å². The highest BCUT2D eigenvalue weighted by Gasteiger charge is 2.47. The van der Waals surface area contributed by atoms with Crippen molar-refractivity contribution < 1.29 is 27.4 Å². The van der Waals surface area contributed by atoms with Gasteiger partial charge in [0.25, 0.3) is 0 Å². The predicted octanol–water partition coefficient (Wildman–Crippen LogP) is 1.89. The van der Waals surface area contributed by atoms with Gasteiger partial charge in [-0.15, -0.1) is 0 Å². The molecule has 0 fully saturated rings. The number of alkyl halides is 3. The summed E-state index contributed by atoms with van der Waals surface area (Å²) in [4.78, 5) is 11.5. The van der Waals surface area contributed by atoms with E-state index < -0.39 is 24.3 Å². The number of ether oxygens (including phenoxy) is 2. The fraction of sp³-hybridized carbons (Fsp3) is 0.417. The number of halogens is 3. The van der Waals surface area contributed by atoms with Gasteiger partial charge in [-0.1, -0.05) is 18.2 Å². The molecule has 0 aliphatic rings. The first kappa shape index (κ1) is 15.3. The molecule has 1 rings (SSSR count). The summed E-state index contributed by atoms with van der Waals surface area (Å²) in [6.45, 7) is 1.43. The molecular weight excluding hydrogens is 263 g/mol. The van der Waals surface area contributed by atoms with E-state index in [1.165, 1.54) is 19.1 Å². The summed E-state index contributed by atoms with van der Waals surface area (Å²) in [5.41, 5.74) is 5.02. The number of para-hydroxylation sites is 1. The summed E-state index contributed by atoms with van der Waals surface area (Å²) < 4.78 is 47.3. The van der Waals surface area contributed by atoms with Crippen molar-refractivity contribution in [1.82, 2.24) is 0 Å². The van der Waals surface area contributed by atoms with E-state index in [0.717, 1.165) is 0 Å². The molecule has 0 bridgehead atoms. The van der Waals surface area contributed by atoms with Gasteiger partial charge in [-0.25, -0.2) is 4.79 Å². The number of carbonyl (C=O) groups is 1. The predicted molar refractivity (Wildman–Crippen MR) is 61.5 cm³/mol. The average Bonchev–Trinajstić information content (AvgIpc) is 2.35. The molecule has 0 aliphatic heterocycles. The van der Waals surface area contributed by atoms with Crippen LogP contribution >= 0.6 is 0 Å². The zero-order valence-corrected chi connectivity index (χ0v) is 10.2. The Morgan fingerprint density at radius 1 is 1.32 bits per heavy atom. The summed E-state index contributed by atoms with van der Waals surface area (Å²) in [7, 11) is 0. The maximum atomic E-state index is 12.6. The minimum absolute atomic E-state index is 0.0575. The first-order valence-corrected chi connectivity index (χ1v) is 5.57. The average molecular weight is 277 g/mol. The van der Waals surface area contributed by atoms with Crippen LogP contribution in [0.4, 0.5) is 13.2 Å². The Kier molecular flexibility index (Phi) is 5.17. The number of esters is 1. The molecule has 0 radical (unpaired) electrons. The lowest BCUT2D eigenvalue weighted by molar-refractivity contribution is -0.182. The lowest BCUT2D eigenvalue weighted by Gasteiger charge is -2.24. The van der Waals surface area contributed by atoms with Gasteiger partial charge in [-0.3, -0.25) is 0 Å². The highest BCUT2D eigenvalue weighted by atomic mass is 19.4. The molecule has 0 saturated carbocycles. The molecular formula is C12H14F3NO3. The Bertz CT molecular complexity index is 408. The quantitative estimate of drug-likeness (QED) is 0.835. The second-order valence-corrected chi connectivity index (χ2v) is 3.67. The molecule has 19 heavy (non-hydrogen) atoms. The van der Waals surface area contributed by atoms with Crippen LogP contribution in [0.3, 0.4) is 0 Å². The number of hydrogen-bond donors (Lipinski definition) is 1. The topological polar surface area (TPSA) is 61.5 Å². The molecule has 106 valence electrons. The van der Waals surface area contributed by atoms with Crippen molar-refractivity contribution >= 4 is 5.97 Å². The molecule has 2 N–H and O–H groups in total. The second-order valence-electron chi connectivity index (χ2n) is 3.67. The van der Waals surface area contributed by atoms with Crippen LogP contribution in [-0.2, 0) is 9.53 Å². The number of benzene rings is 1. The fourth-order valence-corrected chi connectivity index (χ4v) is 1.31. The molecule has 1 aromatic rings. The molecule has 0 spiro atoms. The van der Waals surface area contributed by atoms with Gasteiger partial charge in [0.05, 0.1) is 6.61 Å². The number of rotatable bonds is 5. The van der Waals surface area contributed by atoms with E-state index in [1.807, 2.05) is 0 Å². The van der Waals surface area contributed by atoms with Crippen LogP contribution in [0, 0.1) is 0 Å². The lowest BCUT2D eigenvalue weighted by Crippen LogP contribution is -2.53. The fourth-order valence-electron chi connectivity index (χ4n) is 1.31. The molecule has 4 nitrogen and oxygen atoms in total. The Hall–Kier alpha value is -1.76. The summed E-state index contributed by atoms with van der Waals surface area (Å²) in [5.74, 6) is -1.03. The monoisotopic (exact) mass is 277 g/mol. The van der Waals surface area contributed by atoms with Crippen molar-refractivity contribution in [3.8, 4) is 5.75 Å². The number of carbonyl (C=O) groups excluding carboxylic acids is 1. The highest BCUT2D eigenvalue weighted by molar-refractivity contribution is 5.76. The highest BCUT2D eigenvalue weighted by Crippen LogP contribution is 2.24. The van der Waals surface area contributed by atoms with Crippen molar-refractivity contribution in [3.05, 3.63) is 30.3 Å². The van der Waals surface area contributed by atoms with E-state index in [-0.39, 0.29) is 12.4 Å². The second kappa shape index (κ2) is 6.42. The van der Waals surface area contributed by atoms with Crippen LogP contribution in [-0.4, -0.2) is 30.9 Å². The largest absolute Gasteiger partial charge is 0.477 e. The third-order valence-electron chi connectivity index (χ3n) is 2.23. The summed E-state index contributed by atoms with van der Waals surface area (Å²) in [5, 5.41) is 0. The Morgan fingerprint density at radius 3 is 2.37 bits per heavy atom. The van der Waals surface area contributed by atoms with Gasteiger partial charge in [-0.05, 0) is 19.1 Å². The van der Waals surface area contributed by atoms with E-state index in [2.05, 4.69) is 4.74 Å². The van der Waals surface area contributed by atoms with Gasteiger partial charge < -0.3 is 15.2 Å². The van der Waals surface area contributed by atoms with Crippen LogP contribution in [0.2, 0.25) is 0 Å². The molecule has 2 atom stereocenters. The summed E-state index contributed by atoms with van der Waals surface area (Å²) in [6.07, 6.45) is -6.69. The molecule has 0 heterocycles. The zero-order valence-electron chi connectivity index (χ0n) is 10.2. The molecule has 0 aromatic heterocycles. The van der Waals surface area contributed by atoms with Gasteiger partial charge in [0, 0.05) is 0 Å². The van der Waals surface area contributed by atoms with Crippen LogP contribution in [0.15, 0.2) is 30.3 Å². The van der Waals surface area contributed by atoms with Gasteiger partial charge in [0.2, 0.25) is 6.10 Å². The van der Waals surface area contributed by atoms with Crippen LogP contribution < -0.4 is 10.5 Å². The van der Waals surface area contributed by atoms with Crippen molar-refractivity contribution in [2.75, 3.05) is 6.61 Å². The van der Waals surface area contributed by atoms with Crippen LogP contribution in [0.5, 0.6) is 5.75 Å². The molecule has 0 saturated heterocycles. The smallest absolute Gasteiger partial charge is 0.407 e. The number of nitrogens with two attached hydrogens (primary N) is 1. The van der Waals surface area contributed by atoms with Gasteiger partial charge in [0.1, 0.15) is 11.8 Å². The third kappa shape index (κ3) is 4.44.